The van der Waals surface area contributed by atoms with Crippen molar-refractivity contribution >= 4 is 28.9 Å². The molecule has 0 aromatic carbocycles. The number of carboxylic acids is 1. The summed E-state index contributed by atoms with van der Waals surface area (Å²) in [6.07, 6.45) is 0.217. The van der Waals surface area contributed by atoms with Crippen molar-refractivity contribution in [2.75, 3.05) is 0 Å². The van der Waals surface area contributed by atoms with Crippen LogP contribution in [0.1, 0.15) is 12.3 Å². The molecule has 0 saturated carbocycles. The van der Waals surface area contributed by atoms with E-state index in [0.29, 0.717) is 16.1 Å². The van der Waals surface area contributed by atoms with E-state index in [2.05, 4.69) is 10.2 Å². The Labute approximate surface area is 99.7 Å². The van der Waals surface area contributed by atoms with Crippen molar-refractivity contribution in [1.29, 1.82) is 0 Å². The van der Waals surface area contributed by atoms with Gasteiger partial charge in [0, 0.05) is 6.42 Å². The average molecular weight is 259 g/mol. The number of rotatable bonds is 4. The quantitative estimate of drug-likeness (QED) is 0.912. The predicted octanol–water partition coefficient (Wildman–Crippen LogP) is 2.47. The lowest BCUT2D eigenvalue weighted by molar-refractivity contribution is -0.137. The van der Waals surface area contributed by atoms with Crippen molar-refractivity contribution in [1.82, 2.24) is 10.2 Å². The van der Waals surface area contributed by atoms with E-state index in [0.717, 1.165) is 4.88 Å². The zero-order valence-corrected chi connectivity index (χ0v) is 9.59. The highest BCUT2D eigenvalue weighted by molar-refractivity contribution is 7.19. The Kier molecular flexibility index (Phi) is 3.21. The van der Waals surface area contributed by atoms with Crippen LogP contribution in [0.15, 0.2) is 16.5 Å². The molecule has 1 N–H and O–H groups in total. The smallest absolute Gasteiger partial charge is 0.303 e. The Morgan fingerprint density at radius 3 is 2.94 bits per heavy atom. The lowest BCUT2D eigenvalue weighted by Gasteiger charge is -1.89. The second-order valence-corrected chi connectivity index (χ2v) is 4.71. The van der Waals surface area contributed by atoms with Gasteiger partial charge in [0.05, 0.1) is 15.6 Å². The molecule has 0 aliphatic rings. The van der Waals surface area contributed by atoms with Crippen LogP contribution in [0.3, 0.4) is 0 Å². The number of aryl methyl sites for hydroxylation is 1. The molecule has 2 aromatic heterocycles. The molecule has 0 aliphatic heterocycles. The molecule has 5 nitrogen and oxygen atoms in total. The fourth-order valence-electron chi connectivity index (χ4n) is 1.10. The van der Waals surface area contributed by atoms with E-state index >= 15 is 0 Å². The average Bonchev–Trinajstić information content (AvgIpc) is 2.83. The summed E-state index contributed by atoms with van der Waals surface area (Å²) in [6.45, 7) is 0. The Morgan fingerprint density at radius 1 is 1.50 bits per heavy atom. The summed E-state index contributed by atoms with van der Waals surface area (Å²) in [5.74, 6) is -0.196. The molecule has 16 heavy (non-hydrogen) atoms. The van der Waals surface area contributed by atoms with E-state index in [9.17, 15) is 4.79 Å². The first-order valence-corrected chi connectivity index (χ1v) is 5.64. The molecular weight excluding hydrogens is 252 g/mol. The summed E-state index contributed by atoms with van der Waals surface area (Å²) in [5.41, 5.74) is 0. The van der Waals surface area contributed by atoms with Gasteiger partial charge >= 0.3 is 5.97 Å². The molecule has 0 radical (unpaired) electrons. The minimum atomic E-state index is -0.890. The molecule has 0 saturated heterocycles. The highest BCUT2D eigenvalue weighted by Gasteiger charge is 2.11. The van der Waals surface area contributed by atoms with E-state index in [1.54, 1.807) is 12.1 Å². The number of aromatic nitrogens is 2. The Morgan fingerprint density at radius 2 is 2.31 bits per heavy atom. The minimum absolute atomic E-state index is 0.0210. The zero-order valence-electron chi connectivity index (χ0n) is 8.01. The van der Waals surface area contributed by atoms with E-state index in [-0.39, 0.29) is 12.8 Å². The van der Waals surface area contributed by atoms with Crippen molar-refractivity contribution < 1.29 is 14.3 Å². The van der Waals surface area contributed by atoms with E-state index in [1.165, 1.54) is 11.3 Å². The first kappa shape index (κ1) is 11.1. The molecule has 84 valence electrons. The van der Waals surface area contributed by atoms with Crippen molar-refractivity contribution in [3.05, 3.63) is 22.4 Å². The van der Waals surface area contributed by atoms with E-state index < -0.39 is 5.97 Å². The highest BCUT2D eigenvalue weighted by Crippen LogP contribution is 2.29. The maximum Gasteiger partial charge on any atom is 0.303 e. The summed E-state index contributed by atoms with van der Waals surface area (Å²) in [5, 5.41) is 16.1. The van der Waals surface area contributed by atoms with Crippen LogP contribution < -0.4 is 0 Å². The second-order valence-electron chi connectivity index (χ2n) is 3.00. The van der Waals surface area contributed by atoms with Crippen molar-refractivity contribution in [2.45, 2.75) is 12.8 Å². The molecule has 2 rings (SSSR count). The third kappa shape index (κ3) is 2.59. The van der Waals surface area contributed by atoms with Gasteiger partial charge < -0.3 is 9.52 Å². The maximum absolute atomic E-state index is 10.3. The molecule has 0 unspecified atom stereocenters. The number of aliphatic carboxylic acids is 1. The summed E-state index contributed by atoms with van der Waals surface area (Å²) in [4.78, 5) is 11.1. The number of hydrogen-bond acceptors (Lipinski definition) is 5. The van der Waals surface area contributed by atoms with Crippen LogP contribution >= 0.6 is 22.9 Å². The standard InChI is InChI=1S/C9H7ClN2O3S/c10-6-2-1-5(16-6)9-12-11-7(15-9)3-4-8(13)14/h1-2H,3-4H2,(H,13,14). The number of nitrogens with zero attached hydrogens (tertiary/aromatic N) is 2. The SMILES string of the molecule is O=C(O)CCc1nnc(-c2ccc(Cl)s2)o1. The van der Waals surface area contributed by atoms with Gasteiger partial charge in [0.15, 0.2) is 0 Å². The van der Waals surface area contributed by atoms with Crippen molar-refractivity contribution in [3.63, 3.8) is 0 Å². The number of thiophene rings is 1. The topological polar surface area (TPSA) is 76.2 Å². The number of halogens is 1. The lowest BCUT2D eigenvalue weighted by atomic mass is 10.3. The molecule has 0 fully saturated rings. The fraction of sp³-hybridized carbons (Fsp3) is 0.222. The van der Waals surface area contributed by atoms with Crippen LogP contribution in [-0.4, -0.2) is 21.3 Å². The summed E-state index contributed by atoms with van der Waals surface area (Å²) < 4.78 is 5.94. The normalized spacial score (nSPS) is 10.6. The number of hydrogen-bond donors (Lipinski definition) is 1. The van der Waals surface area contributed by atoms with Gasteiger partial charge in [0.25, 0.3) is 5.89 Å². The Bertz CT molecular complexity index is 508. The fourth-order valence-corrected chi connectivity index (χ4v) is 2.06. The third-order valence-electron chi connectivity index (χ3n) is 1.80. The van der Waals surface area contributed by atoms with Gasteiger partial charge in [-0.3, -0.25) is 4.79 Å². The Balaban J connectivity index is 2.10. The monoisotopic (exact) mass is 258 g/mol. The molecule has 0 aliphatic carbocycles. The second kappa shape index (κ2) is 4.63. The molecular formula is C9H7ClN2O3S. The first-order chi connectivity index (χ1) is 7.65. The molecule has 7 heteroatoms. The van der Waals surface area contributed by atoms with Gasteiger partial charge in [0.1, 0.15) is 0 Å². The summed E-state index contributed by atoms with van der Waals surface area (Å²) in [6, 6.07) is 3.52. The van der Waals surface area contributed by atoms with Crippen LogP contribution in [0.2, 0.25) is 4.34 Å². The van der Waals surface area contributed by atoms with Gasteiger partial charge in [-0.05, 0) is 12.1 Å². The molecule has 0 bridgehead atoms. The van der Waals surface area contributed by atoms with Crippen molar-refractivity contribution in [3.8, 4) is 10.8 Å². The van der Waals surface area contributed by atoms with Gasteiger partial charge in [-0.2, -0.15) is 0 Å². The van der Waals surface area contributed by atoms with E-state index in [1.807, 2.05) is 0 Å². The number of carboxylic acid groups (broad SMARTS) is 1. The van der Waals surface area contributed by atoms with Crippen LogP contribution in [-0.2, 0) is 11.2 Å². The van der Waals surface area contributed by atoms with Crippen LogP contribution in [0.25, 0.3) is 10.8 Å². The third-order valence-corrected chi connectivity index (χ3v) is 3.02. The van der Waals surface area contributed by atoms with Crippen LogP contribution in [0.5, 0.6) is 0 Å². The van der Waals surface area contributed by atoms with Gasteiger partial charge in [-0.15, -0.1) is 21.5 Å². The van der Waals surface area contributed by atoms with Gasteiger partial charge in [-0.25, -0.2) is 0 Å². The molecule has 0 amide bonds. The largest absolute Gasteiger partial charge is 0.481 e. The molecule has 2 heterocycles. The van der Waals surface area contributed by atoms with E-state index in [4.69, 9.17) is 21.1 Å². The number of carbonyl (C=O) groups is 1. The molecule has 2 aromatic rings. The highest BCUT2D eigenvalue weighted by atomic mass is 35.5. The predicted molar refractivity (Wildman–Crippen MR) is 58.6 cm³/mol. The van der Waals surface area contributed by atoms with Crippen LogP contribution in [0, 0.1) is 0 Å². The molecule has 0 atom stereocenters. The van der Waals surface area contributed by atoms with Gasteiger partial charge in [0.2, 0.25) is 5.89 Å². The minimum Gasteiger partial charge on any atom is -0.481 e. The summed E-state index contributed by atoms with van der Waals surface area (Å²) >= 11 is 7.10. The lowest BCUT2D eigenvalue weighted by Crippen LogP contribution is -1.97. The first-order valence-electron chi connectivity index (χ1n) is 4.45. The van der Waals surface area contributed by atoms with Crippen LogP contribution in [0.4, 0.5) is 0 Å². The Hall–Kier alpha value is -1.40. The molecule has 0 spiro atoms. The zero-order chi connectivity index (χ0) is 11.5. The summed E-state index contributed by atoms with van der Waals surface area (Å²) in [7, 11) is 0. The van der Waals surface area contributed by atoms with Gasteiger partial charge in [-0.1, -0.05) is 11.6 Å². The van der Waals surface area contributed by atoms with Crippen molar-refractivity contribution in [2.24, 2.45) is 0 Å². The maximum atomic E-state index is 10.3.